The SMILES string of the molecule is CCOC(=O)C(C(=O)OCC)(c1ccccc1)C(C(=O)OCC)(C(=O)OCC)c1ccccc1. The smallest absolute Gasteiger partial charge is 0.330 e. The molecule has 0 aliphatic rings. The Hall–Kier alpha value is -3.68. The third kappa shape index (κ3) is 4.40. The van der Waals surface area contributed by atoms with Crippen molar-refractivity contribution < 1.29 is 38.1 Å². The molecule has 8 heteroatoms. The Kier molecular flexibility index (Phi) is 9.36. The monoisotopic (exact) mass is 470 g/mol. The molecule has 0 radical (unpaired) electrons. The lowest BCUT2D eigenvalue weighted by molar-refractivity contribution is -0.186. The molecule has 0 saturated carbocycles. The zero-order valence-corrected chi connectivity index (χ0v) is 19.9. The van der Waals surface area contributed by atoms with Gasteiger partial charge in [0.25, 0.3) is 0 Å². The normalized spacial score (nSPS) is 11.3. The molecule has 0 aliphatic heterocycles. The topological polar surface area (TPSA) is 105 Å². The van der Waals surface area contributed by atoms with Gasteiger partial charge in [0.2, 0.25) is 10.8 Å². The Morgan fingerprint density at radius 1 is 0.500 bits per heavy atom. The van der Waals surface area contributed by atoms with Crippen LogP contribution in [0.25, 0.3) is 0 Å². The summed E-state index contributed by atoms with van der Waals surface area (Å²) in [4.78, 5) is 55.5. The van der Waals surface area contributed by atoms with Crippen LogP contribution < -0.4 is 0 Å². The van der Waals surface area contributed by atoms with Crippen LogP contribution in [0.3, 0.4) is 0 Å². The fraction of sp³-hybridized carbons (Fsp3) is 0.385. The van der Waals surface area contributed by atoms with Gasteiger partial charge in [-0.1, -0.05) is 60.7 Å². The Labute approximate surface area is 199 Å². The second kappa shape index (κ2) is 12.0. The molecule has 0 bridgehead atoms. The Bertz CT molecular complexity index is 867. The fourth-order valence-electron chi connectivity index (χ4n) is 4.02. The number of carbonyl (C=O) groups excluding carboxylic acids is 4. The summed E-state index contributed by atoms with van der Waals surface area (Å²) in [6.07, 6.45) is 0. The average Bonchev–Trinajstić information content (AvgIpc) is 2.84. The molecule has 0 spiro atoms. The number of esters is 4. The molecule has 2 aromatic rings. The Morgan fingerprint density at radius 2 is 0.735 bits per heavy atom. The van der Waals surface area contributed by atoms with Crippen molar-refractivity contribution in [1.82, 2.24) is 0 Å². The van der Waals surface area contributed by atoms with Crippen LogP contribution >= 0.6 is 0 Å². The first-order valence-corrected chi connectivity index (χ1v) is 11.2. The van der Waals surface area contributed by atoms with E-state index >= 15 is 0 Å². The van der Waals surface area contributed by atoms with E-state index in [0.29, 0.717) is 0 Å². The number of benzene rings is 2. The molecule has 2 rings (SSSR count). The van der Waals surface area contributed by atoms with Crippen molar-refractivity contribution in [3.63, 3.8) is 0 Å². The second-order valence-corrected chi connectivity index (χ2v) is 7.11. The molecule has 0 unspecified atom stereocenters. The molecule has 8 nitrogen and oxygen atoms in total. The van der Waals surface area contributed by atoms with E-state index in [1.54, 1.807) is 64.1 Å². The molecule has 34 heavy (non-hydrogen) atoms. The van der Waals surface area contributed by atoms with Gasteiger partial charge in [-0.3, -0.25) is 19.2 Å². The highest BCUT2D eigenvalue weighted by Gasteiger charge is 2.75. The van der Waals surface area contributed by atoms with E-state index in [0.717, 1.165) is 0 Å². The number of rotatable bonds is 11. The predicted octanol–water partition coefficient (Wildman–Crippen LogP) is 3.11. The summed E-state index contributed by atoms with van der Waals surface area (Å²) in [5, 5.41) is 0. The van der Waals surface area contributed by atoms with Crippen molar-refractivity contribution in [3.05, 3.63) is 71.8 Å². The molecule has 0 N–H and O–H groups in total. The van der Waals surface area contributed by atoms with Crippen molar-refractivity contribution in [2.24, 2.45) is 0 Å². The van der Waals surface area contributed by atoms with Crippen molar-refractivity contribution in [2.75, 3.05) is 26.4 Å². The molecule has 0 atom stereocenters. The summed E-state index contributed by atoms with van der Waals surface area (Å²) in [5.74, 6) is -4.54. The van der Waals surface area contributed by atoms with Gasteiger partial charge in [-0.15, -0.1) is 0 Å². The minimum Gasteiger partial charge on any atom is -0.465 e. The fourth-order valence-corrected chi connectivity index (χ4v) is 4.02. The van der Waals surface area contributed by atoms with Crippen molar-refractivity contribution >= 4 is 23.9 Å². The highest BCUT2D eigenvalue weighted by molar-refractivity contribution is 6.22. The van der Waals surface area contributed by atoms with Crippen molar-refractivity contribution in [1.29, 1.82) is 0 Å². The summed E-state index contributed by atoms with van der Waals surface area (Å²) in [5.41, 5.74) is -5.14. The van der Waals surface area contributed by atoms with Gasteiger partial charge in [-0.2, -0.15) is 0 Å². The molecule has 0 amide bonds. The first kappa shape index (κ1) is 26.6. The third-order valence-electron chi connectivity index (χ3n) is 5.30. The van der Waals surface area contributed by atoms with Gasteiger partial charge >= 0.3 is 23.9 Å². The van der Waals surface area contributed by atoms with Gasteiger partial charge < -0.3 is 18.9 Å². The van der Waals surface area contributed by atoms with E-state index in [2.05, 4.69) is 0 Å². The first-order chi connectivity index (χ1) is 16.4. The van der Waals surface area contributed by atoms with Crippen LogP contribution in [0.5, 0.6) is 0 Å². The molecule has 0 heterocycles. The van der Waals surface area contributed by atoms with Gasteiger partial charge in [-0.25, -0.2) is 0 Å². The summed E-state index contributed by atoms with van der Waals surface area (Å²) >= 11 is 0. The molecular weight excluding hydrogens is 440 g/mol. The van der Waals surface area contributed by atoms with Crippen LogP contribution in [0.2, 0.25) is 0 Å². The average molecular weight is 471 g/mol. The van der Waals surface area contributed by atoms with E-state index in [-0.39, 0.29) is 37.6 Å². The zero-order chi connectivity index (χ0) is 25.2. The van der Waals surface area contributed by atoms with E-state index in [1.807, 2.05) is 0 Å². The summed E-state index contributed by atoms with van der Waals surface area (Å²) in [6, 6.07) is 15.5. The van der Waals surface area contributed by atoms with Gasteiger partial charge in [0, 0.05) is 0 Å². The maximum absolute atomic E-state index is 13.9. The second-order valence-electron chi connectivity index (χ2n) is 7.11. The molecule has 0 saturated heterocycles. The lowest BCUT2D eigenvalue weighted by atomic mass is 9.56. The first-order valence-electron chi connectivity index (χ1n) is 11.2. The van der Waals surface area contributed by atoms with E-state index in [1.165, 1.54) is 24.3 Å². The number of hydrogen-bond donors (Lipinski definition) is 0. The number of carbonyl (C=O) groups is 4. The number of hydrogen-bond acceptors (Lipinski definition) is 8. The zero-order valence-electron chi connectivity index (χ0n) is 19.9. The lowest BCUT2D eigenvalue weighted by Gasteiger charge is -2.43. The standard InChI is InChI=1S/C26H30O8/c1-5-31-21(27)25(22(28)32-6-2,19-15-11-9-12-16-19)26(23(29)33-7-3,24(30)34-8-4)20-17-13-10-14-18-20/h9-18H,5-8H2,1-4H3. The van der Waals surface area contributed by atoms with E-state index in [9.17, 15) is 19.2 Å². The van der Waals surface area contributed by atoms with E-state index < -0.39 is 34.7 Å². The maximum Gasteiger partial charge on any atom is 0.330 e. The van der Waals surface area contributed by atoms with Crippen molar-refractivity contribution in [3.8, 4) is 0 Å². The molecule has 0 aromatic heterocycles. The van der Waals surface area contributed by atoms with Crippen molar-refractivity contribution in [2.45, 2.75) is 38.5 Å². The highest BCUT2D eigenvalue weighted by Crippen LogP contribution is 2.49. The quantitative estimate of drug-likeness (QED) is 0.280. The van der Waals surface area contributed by atoms with Crippen LogP contribution in [0, 0.1) is 0 Å². The molecule has 182 valence electrons. The molecule has 2 aromatic carbocycles. The molecular formula is C26H30O8. The Balaban J connectivity index is 3.21. The minimum atomic E-state index is -2.60. The van der Waals surface area contributed by atoms with Crippen LogP contribution in [0.15, 0.2) is 60.7 Å². The van der Waals surface area contributed by atoms with Gasteiger partial charge in [0.1, 0.15) is 0 Å². The summed E-state index contributed by atoms with van der Waals surface area (Å²) < 4.78 is 21.4. The van der Waals surface area contributed by atoms with Crippen LogP contribution in [0.1, 0.15) is 38.8 Å². The molecule has 0 aliphatic carbocycles. The maximum atomic E-state index is 13.9. The predicted molar refractivity (Wildman–Crippen MR) is 123 cm³/mol. The Morgan fingerprint density at radius 3 is 0.941 bits per heavy atom. The highest BCUT2D eigenvalue weighted by atomic mass is 16.6. The minimum absolute atomic E-state index is 0.0249. The van der Waals surface area contributed by atoms with Crippen LogP contribution in [0.4, 0.5) is 0 Å². The third-order valence-corrected chi connectivity index (χ3v) is 5.30. The van der Waals surface area contributed by atoms with Gasteiger partial charge in [-0.05, 0) is 38.8 Å². The lowest BCUT2D eigenvalue weighted by Crippen LogP contribution is -2.68. The largest absolute Gasteiger partial charge is 0.465 e. The molecule has 0 fully saturated rings. The van der Waals surface area contributed by atoms with E-state index in [4.69, 9.17) is 18.9 Å². The number of ether oxygens (including phenoxy) is 4. The summed E-state index contributed by atoms with van der Waals surface area (Å²) in [7, 11) is 0. The van der Waals surface area contributed by atoms with Gasteiger partial charge in [0.15, 0.2) is 0 Å². The summed E-state index contributed by atoms with van der Waals surface area (Å²) in [6.45, 7) is 5.73. The van der Waals surface area contributed by atoms with Crippen LogP contribution in [-0.4, -0.2) is 50.3 Å². The van der Waals surface area contributed by atoms with Gasteiger partial charge in [0.05, 0.1) is 26.4 Å². The van der Waals surface area contributed by atoms with Crippen LogP contribution in [-0.2, 0) is 49.0 Å².